The molecular weight excluding hydrogens is 493 g/mol. The fourth-order valence-electron chi connectivity index (χ4n) is 2.98. The van der Waals surface area contributed by atoms with Crippen LogP contribution in [0.2, 0.25) is 0 Å². The predicted octanol–water partition coefficient (Wildman–Crippen LogP) is 4.19. The molecule has 0 radical (unpaired) electrons. The van der Waals surface area contributed by atoms with Crippen molar-refractivity contribution >= 4 is 41.5 Å². The molecule has 7 nitrogen and oxygen atoms in total. The van der Waals surface area contributed by atoms with E-state index in [1.54, 1.807) is 13.2 Å². The number of nitrogens with zero attached hydrogens (tertiary/aromatic N) is 2. The highest BCUT2D eigenvalue weighted by Gasteiger charge is 2.25. The summed E-state index contributed by atoms with van der Waals surface area (Å²) in [6.07, 6.45) is 4.92. The molecule has 0 spiro atoms. The van der Waals surface area contributed by atoms with E-state index in [2.05, 4.69) is 46.7 Å². The quantitative estimate of drug-likeness (QED) is 0.299. The van der Waals surface area contributed by atoms with Crippen molar-refractivity contribution in [2.24, 2.45) is 10.9 Å². The average molecular weight is 525 g/mol. The van der Waals surface area contributed by atoms with Crippen molar-refractivity contribution in [2.45, 2.75) is 58.5 Å². The Hall–Kier alpha value is -2.10. The fourth-order valence-corrected chi connectivity index (χ4v) is 2.98. The molecule has 1 fully saturated rings. The summed E-state index contributed by atoms with van der Waals surface area (Å²) in [5.41, 5.74) is 1.83. The van der Waals surface area contributed by atoms with Crippen LogP contribution in [0, 0.1) is 5.92 Å². The van der Waals surface area contributed by atoms with E-state index in [4.69, 9.17) is 4.42 Å². The second-order valence-corrected chi connectivity index (χ2v) is 8.47. The summed E-state index contributed by atoms with van der Waals surface area (Å²) in [5.74, 6) is 2.44. The van der Waals surface area contributed by atoms with Crippen molar-refractivity contribution in [1.82, 2.24) is 15.6 Å². The number of rotatable bonds is 6. The third kappa shape index (κ3) is 6.72. The van der Waals surface area contributed by atoms with Gasteiger partial charge in [0.05, 0.1) is 12.7 Å². The van der Waals surface area contributed by atoms with Crippen LogP contribution in [0.25, 0.3) is 0 Å². The molecule has 1 aromatic carbocycles. The summed E-state index contributed by atoms with van der Waals surface area (Å²) in [5, 5.41) is 9.50. The first-order valence-corrected chi connectivity index (χ1v) is 10.1. The molecule has 3 rings (SSSR count). The van der Waals surface area contributed by atoms with Crippen LogP contribution in [-0.4, -0.2) is 23.9 Å². The first-order chi connectivity index (χ1) is 13.8. The number of halogens is 1. The number of hydrogen-bond donors (Lipinski definition) is 3. The van der Waals surface area contributed by atoms with Crippen molar-refractivity contribution in [3.8, 4) is 0 Å². The molecule has 1 aliphatic rings. The number of nitrogens with one attached hydrogen (secondary N) is 3. The van der Waals surface area contributed by atoms with Gasteiger partial charge >= 0.3 is 0 Å². The number of guanidine groups is 1. The molecular formula is C22H32IN5O2. The van der Waals surface area contributed by atoms with E-state index in [1.165, 1.54) is 0 Å². The van der Waals surface area contributed by atoms with Gasteiger partial charge in [-0.05, 0) is 30.5 Å². The van der Waals surface area contributed by atoms with Crippen LogP contribution in [0.4, 0.5) is 5.69 Å². The van der Waals surface area contributed by atoms with Crippen LogP contribution >= 0.6 is 24.0 Å². The smallest absolute Gasteiger partial charge is 0.227 e. The number of hydrogen-bond acceptors (Lipinski definition) is 4. The molecule has 164 valence electrons. The summed E-state index contributed by atoms with van der Waals surface area (Å²) in [6.45, 7) is 7.31. The van der Waals surface area contributed by atoms with E-state index in [0.29, 0.717) is 24.9 Å². The molecule has 8 heteroatoms. The minimum atomic E-state index is -0.0652. The maximum Gasteiger partial charge on any atom is 0.227 e. The Morgan fingerprint density at radius 3 is 2.57 bits per heavy atom. The Morgan fingerprint density at radius 1 is 1.23 bits per heavy atom. The zero-order valence-electron chi connectivity index (χ0n) is 18.1. The Balaban J connectivity index is 0.00000320. The van der Waals surface area contributed by atoms with Gasteiger partial charge in [0.15, 0.2) is 5.96 Å². The molecule has 1 saturated carbocycles. The zero-order chi connectivity index (χ0) is 20.9. The summed E-state index contributed by atoms with van der Waals surface area (Å²) in [7, 11) is 1.72. The Kier molecular flexibility index (Phi) is 8.69. The molecule has 1 aliphatic carbocycles. The molecule has 0 unspecified atom stereocenters. The summed E-state index contributed by atoms with van der Waals surface area (Å²) < 4.78 is 5.80. The highest BCUT2D eigenvalue weighted by molar-refractivity contribution is 14.0. The van der Waals surface area contributed by atoms with Gasteiger partial charge in [0.2, 0.25) is 11.8 Å². The van der Waals surface area contributed by atoms with E-state index >= 15 is 0 Å². The molecule has 30 heavy (non-hydrogen) atoms. The first kappa shape index (κ1) is 24.2. The highest BCUT2D eigenvalue weighted by Crippen LogP contribution is 2.27. The third-order valence-electron chi connectivity index (χ3n) is 5.05. The lowest BCUT2D eigenvalue weighted by molar-refractivity contribution is -0.122. The lowest BCUT2D eigenvalue weighted by Crippen LogP contribution is -2.36. The van der Waals surface area contributed by atoms with Gasteiger partial charge in [-0.3, -0.25) is 9.79 Å². The second-order valence-electron chi connectivity index (χ2n) is 8.47. The molecule has 0 bridgehead atoms. The van der Waals surface area contributed by atoms with E-state index in [9.17, 15) is 4.79 Å². The lowest BCUT2D eigenvalue weighted by atomic mass is 9.85. The molecule has 0 saturated heterocycles. The highest BCUT2D eigenvalue weighted by atomic mass is 127. The fraction of sp³-hybridized carbons (Fsp3) is 0.500. The van der Waals surface area contributed by atoms with Crippen molar-refractivity contribution in [2.75, 3.05) is 12.4 Å². The van der Waals surface area contributed by atoms with Crippen LogP contribution in [-0.2, 0) is 23.3 Å². The maximum absolute atomic E-state index is 12.1. The number of carbonyl (C=O) groups is 1. The van der Waals surface area contributed by atoms with E-state index in [-0.39, 0.29) is 41.2 Å². The van der Waals surface area contributed by atoms with Gasteiger partial charge in [-0.15, -0.1) is 24.0 Å². The van der Waals surface area contributed by atoms with Gasteiger partial charge in [-0.1, -0.05) is 39.3 Å². The standard InChI is InChI=1S/C22H31N5O2.HI/c1-22(2,3)18-13-24-19(29-18)14-26-21(23-4)25-12-15-7-5-10-17(11-15)27-20(28)16-8-6-9-16;/h5,7,10-11,13,16H,6,8-9,12,14H2,1-4H3,(H,27,28)(H2,23,25,26);1H. The number of carbonyl (C=O) groups excluding carboxylic acids is 1. The van der Waals surface area contributed by atoms with Crippen LogP contribution < -0.4 is 16.0 Å². The SMILES string of the molecule is CN=C(NCc1cccc(NC(=O)C2CCC2)c1)NCc1ncc(C(C)(C)C)o1.I. The topological polar surface area (TPSA) is 91.5 Å². The maximum atomic E-state index is 12.1. The number of benzene rings is 1. The molecule has 1 amide bonds. The molecule has 0 atom stereocenters. The number of aliphatic imine (C=N–C) groups is 1. The Labute approximate surface area is 195 Å². The van der Waals surface area contributed by atoms with Gasteiger partial charge in [-0.2, -0.15) is 0 Å². The van der Waals surface area contributed by atoms with Crippen molar-refractivity contribution in [1.29, 1.82) is 0 Å². The largest absolute Gasteiger partial charge is 0.443 e. The van der Waals surface area contributed by atoms with Crippen LogP contribution in [0.15, 0.2) is 39.9 Å². The van der Waals surface area contributed by atoms with E-state index in [1.807, 2.05) is 24.3 Å². The van der Waals surface area contributed by atoms with Crippen molar-refractivity contribution in [3.63, 3.8) is 0 Å². The van der Waals surface area contributed by atoms with Crippen molar-refractivity contribution < 1.29 is 9.21 Å². The Bertz CT molecular complexity index is 868. The van der Waals surface area contributed by atoms with Gasteiger partial charge in [-0.25, -0.2) is 4.98 Å². The van der Waals surface area contributed by atoms with Crippen molar-refractivity contribution in [3.05, 3.63) is 47.7 Å². The van der Waals surface area contributed by atoms with Gasteiger partial charge in [0.25, 0.3) is 0 Å². The lowest BCUT2D eigenvalue weighted by Gasteiger charge is -2.24. The minimum Gasteiger partial charge on any atom is -0.443 e. The third-order valence-corrected chi connectivity index (χ3v) is 5.05. The molecule has 1 aromatic heterocycles. The van der Waals surface area contributed by atoms with E-state index < -0.39 is 0 Å². The molecule has 2 aromatic rings. The number of anilines is 1. The van der Waals surface area contributed by atoms with Gasteiger partial charge in [0, 0.05) is 30.6 Å². The average Bonchev–Trinajstić information content (AvgIpc) is 3.10. The first-order valence-electron chi connectivity index (χ1n) is 10.1. The van der Waals surface area contributed by atoms with Gasteiger partial charge < -0.3 is 20.4 Å². The minimum absolute atomic E-state index is 0. The molecule has 0 aliphatic heterocycles. The number of aromatic nitrogens is 1. The van der Waals surface area contributed by atoms with Crippen LogP contribution in [0.5, 0.6) is 0 Å². The zero-order valence-corrected chi connectivity index (χ0v) is 20.4. The molecule has 1 heterocycles. The van der Waals surface area contributed by atoms with Crippen LogP contribution in [0.1, 0.15) is 57.2 Å². The van der Waals surface area contributed by atoms with E-state index in [0.717, 1.165) is 36.3 Å². The summed E-state index contributed by atoms with van der Waals surface area (Å²) in [6, 6.07) is 7.87. The number of oxazole rings is 1. The predicted molar refractivity (Wildman–Crippen MR) is 130 cm³/mol. The second kappa shape index (κ2) is 10.8. The summed E-state index contributed by atoms with van der Waals surface area (Å²) >= 11 is 0. The monoisotopic (exact) mass is 525 g/mol. The Morgan fingerprint density at radius 2 is 1.97 bits per heavy atom. The summed E-state index contributed by atoms with van der Waals surface area (Å²) in [4.78, 5) is 20.7. The van der Waals surface area contributed by atoms with Crippen LogP contribution in [0.3, 0.4) is 0 Å². The normalized spacial score (nSPS) is 14.5. The number of amides is 1. The van der Waals surface area contributed by atoms with Gasteiger partial charge in [0.1, 0.15) is 5.76 Å². The molecule has 3 N–H and O–H groups in total.